The monoisotopic (exact) mass is 751 g/mol. The maximum Gasteiger partial charge on any atom is 0.472 e. The molecule has 1 unspecified atom stereocenters. The third-order valence-electron chi connectivity index (χ3n) is 9.26. The summed E-state index contributed by atoms with van der Waals surface area (Å²) < 4.78 is 32.6. The summed E-state index contributed by atoms with van der Waals surface area (Å²) in [6.07, 6.45) is 32.3. The Morgan fingerprint density at radius 1 is 0.510 bits per heavy atom. The van der Waals surface area contributed by atoms with Crippen molar-refractivity contribution in [3.63, 3.8) is 0 Å². The number of aliphatic hydroxyl groups is 2. The van der Waals surface area contributed by atoms with E-state index in [1.165, 1.54) is 128 Å². The molecule has 0 aliphatic carbocycles. The van der Waals surface area contributed by atoms with E-state index >= 15 is 0 Å². The Balaban J connectivity index is 4.15. The minimum atomic E-state index is -4.60. The van der Waals surface area contributed by atoms with Gasteiger partial charge in [-0.25, -0.2) is 4.57 Å². The topological polar surface area (TPSA) is 149 Å². The lowest BCUT2D eigenvalue weighted by Gasteiger charge is -2.20. The normalized spacial score (nSPS) is 13.9. The largest absolute Gasteiger partial charge is 0.472 e. The Hall–Kier alpha value is -1.03. The first-order valence-corrected chi connectivity index (χ1v) is 22.5. The van der Waals surface area contributed by atoms with Crippen LogP contribution < -0.4 is 0 Å². The predicted molar refractivity (Wildman–Crippen MR) is 206 cm³/mol. The first kappa shape index (κ1) is 50.0. The van der Waals surface area contributed by atoms with Crippen molar-refractivity contribution < 1.29 is 47.8 Å². The molecule has 0 saturated carbocycles. The van der Waals surface area contributed by atoms with Crippen molar-refractivity contribution >= 4 is 19.8 Å². The zero-order chi connectivity index (χ0) is 37.7. The van der Waals surface area contributed by atoms with E-state index in [0.29, 0.717) is 12.8 Å². The van der Waals surface area contributed by atoms with Gasteiger partial charge in [-0.3, -0.25) is 18.6 Å². The number of ether oxygens (including phenoxy) is 2. The minimum absolute atomic E-state index is 0.192. The lowest BCUT2D eigenvalue weighted by atomic mass is 10.0. The van der Waals surface area contributed by atoms with Crippen molar-refractivity contribution in [1.29, 1.82) is 0 Å². The molecular weight excluding hydrogens is 671 g/mol. The number of hydrogen-bond acceptors (Lipinski definition) is 9. The molecule has 51 heavy (non-hydrogen) atoms. The van der Waals surface area contributed by atoms with E-state index in [9.17, 15) is 24.2 Å². The summed E-state index contributed by atoms with van der Waals surface area (Å²) in [5.41, 5.74) is 0. The molecule has 0 heterocycles. The Bertz CT molecular complexity index is 827. The van der Waals surface area contributed by atoms with E-state index in [0.717, 1.165) is 38.5 Å². The van der Waals surface area contributed by atoms with Crippen LogP contribution in [0.25, 0.3) is 0 Å². The number of carbonyl (C=O) groups excluding carboxylic acids is 2. The summed E-state index contributed by atoms with van der Waals surface area (Å²) in [7, 11) is -4.60. The van der Waals surface area contributed by atoms with Crippen molar-refractivity contribution in [1.82, 2.24) is 0 Å². The minimum Gasteiger partial charge on any atom is -0.462 e. The highest BCUT2D eigenvalue weighted by molar-refractivity contribution is 7.47. The van der Waals surface area contributed by atoms with Gasteiger partial charge >= 0.3 is 19.8 Å². The molecule has 304 valence electrons. The van der Waals surface area contributed by atoms with E-state index in [4.69, 9.17) is 19.1 Å². The van der Waals surface area contributed by atoms with Gasteiger partial charge in [-0.05, 0) is 12.8 Å². The zero-order valence-electron chi connectivity index (χ0n) is 32.8. The van der Waals surface area contributed by atoms with Crippen molar-refractivity contribution in [3.8, 4) is 0 Å². The van der Waals surface area contributed by atoms with Gasteiger partial charge < -0.3 is 24.6 Å². The van der Waals surface area contributed by atoms with E-state index in [-0.39, 0.29) is 19.4 Å². The first-order valence-electron chi connectivity index (χ1n) is 21.0. The molecule has 0 aliphatic heterocycles. The standard InChI is InChI=1S/C40H79O10P/c1-3-5-7-9-11-13-14-15-16-17-18-19-20-21-22-23-24-26-28-30-32-40(44)50-38(36-49-51(45,46)48-34-37(42)33-41)35-47-39(43)31-29-27-25-12-10-8-6-4-2/h37-38,41-42H,3-36H2,1-2H3,(H,45,46)/t37-,38-/m1/s1. The van der Waals surface area contributed by atoms with Crippen LogP contribution in [-0.4, -0.2) is 65.7 Å². The van der Waals surface area contributed by atoms with Crippen LogP contribution in [0.15, 0.2) is 0 Å². The Labute approximate surface area is 312 Å². The number of hydrogen-bond donors (Lipinski definition) is 3. The molecule has 0 aromatic carbocycles. The van der Waals surface area contributed by atoms with E-state index in [1.54, 1.807) is 0 Å². The second-order valence-electron chi connectivity index (χ2n) is 14.4. The highest BCUT2D eigenvalue weighted by Gasteiger charge is 2.27. The first-order chi connectivity index (χ1) is 24.7. The summed E-state index contributed by atoms with van der Waals surface area (Å²) in [6, 6.07) is 0. The second-order valence-corrected chi connectivity index (χ2v) is 15.8. The van der Waals surface area contributed by atoms with Crippen LogP contribution in [-0.2, 0) is 32.7 Å². The molecule has 0 aromatic heterocycles. The highest BCUT2D eigenvalue weighted by atomic mass is 31.2. The van der Waals surface area contributed by atoms with Gasteiger partial charge in [0.25, 0.3) is 0 Å². The molecule has 0 aromatic rings. The fourth-order valence-electron chi connectivity index (χ4n) is 5.99. The summed E-state index contributed by atoms with van der Waals surface area (Å²) in [6.45, 7) is 2.37. The molecule has 0 radical (unpaired) electrons. The smallest absolute Gasteiger partial charge is 0.462 e. The Morgan fingerprint density at radius 3 is 1.22 bits per heavy atom. The number of unbranched alkanes of at least 4 members (excludes halogenated alkanes) is 26. The molecule has 0 aliphatic rings. The van der Waals surface area contributed by atoms with Crippen molar-refractivity contribution in [2.24, 2.45) is 0 Å². The molecule has 0 fully saturated rings. The van der Waals surface area contributed by atoms with Crippen LogP contribution in [0.1, 0.15) is 206 Å². The fourth-order valence-corrected chi connectivity index (χ4v) is 6.78. The molecule has 0 bridgehead atoms. The SMILES string of the molecule is CCCCCCCCCCCCCCCCCCCCCCC(=O)O[C@H](COC(=O)CCCCCCCCCC)COP(=O)(O)OC[C@H](O)CO. The number of rotatable bonds is 40. The fraction of sp³-hybridized carbons (Fsp3) is 0.950. The predicted octanol–water partition coefficient (Wildman–Crippen LogP) is 10.7. The van der Waals surface area contributed by atoms with Crippen molar-refractivity contribution in [3.05, 3.63) is 0 Å². The molecule has 3 atom stereocenters. The lowest BCUT2D eigenvalue weighted by Crippen LogP contribution is -2.29. The molecule has 3 N–H and O–H groups in total. The Morgan fingerprint density at radius 2 is 0.843 bits per heavy atom. The Kier molecular flexibility index (Phi) is 36.5. The number of carbonyl (C=O) groups is 2. The highest BCUT2D eigenvalue weighted by Crippen LogP contribution is 2.43. The van der Waals surface area contributed by atoms with Crippen LogP contribution in [0.5, 0.6) is 0 Å². The van der Waals surface area contributed by atoms with Gasteiger partial charge in [0.1, 0.15) is 12.7 Å². The number of esters is 2. The maximum atomic E-state index is 12.6. The van der Waals surface area contributed by atoms with Gasteiger partial charge in [-0.1, -0.05) is 181 Å². The van der Waals surface area contributed by atoms with Crippen LogP contribution in [0.4, 0.5) is 0 Å². The van der Waals surface area contributed by atoms with Crippen LogP contribution in [0.2, 0.25) is 0 Å². The lowest BCUT2D eigenvalue weighted by molar-refractivity contribution is -0.161. The molecule has 10 nitrogen and oxygen atoms in total. The second kappa shape index (κ2) is 37.3. The number of phosphoric ester groups is 1. The third kappa shape index (κ3) is 37.1. The molecule has 0 amide bonds. The summed E-state index contributed by atoms with van der Waals surface area (Å²) >= 11 is 0. The van der Waals surface area contributed by atoms with Gasteiger partial charge in [0.2, 0.25) is 0 Å². The van der Waals surface area contributed by atoms with E-state index in [2.05, 4.69) is 18.4 Å². The maximum absolute atomic E-state index is 12.6. The van der Waals surface area contributed by atoms with Gasteiger partial charge in [0, 0.05) is 12.8 Å². The summed E-state index contributed by atoms with van der Waals surface area (Å²) in [5.74, 6) is -0.917. The molecular formula is C40H79O10P. The average molecular weight is 751 g/mol. The van der Waals surface area contributed by atoms with Crippen molar-refractivity contribution in [2.45, 2.75) is 219 Å². The van der Waals surface area contributed by atoms with Crippen LogP contribution in [0, 0.1) is 0 Å². The molecule has 0 rings (SSSR count). The number of aliphatic hydroxyl groups excluding tert-OH is 2. The van der Waals surface area contributed by atoms with Gasteiger partial charge in [-0.15, -0.1) is 0 Å². The zero-order valence-corrected chi connectivity index (χ0v) is 33.7. The van der Waals surface area contributed by atoms with E-state index < -0.39 is 51.8 Å². The van der Waals surface area contributed by atoms with Gasteiger partial charge in [0.15, 0.2) is 6.10 Å². The van der Waals surface area contributed by atoms with Gasteiger partial charge in [0.05, 0.1) is 19.8 Å². The quantitative estimate of drug-likeness (QED) is 0.0314. The molecule has 11 heteroatoms. The van der Waals surface area contributed by atoms with Crippen LogP contribution >= 0.6 is 7.82 Å². The third-order valence-corrected chi connectivity index (χ3v) is 10.2. The summed E-state index contributed by atoms with van der Waals surface area (Å²) in [5, 5.41) is 18.3. The molecule has 0 saturated heterocycles. The van der Waals surface area contributed by atoms with Crippen molar-refractivity contribution in [2.75, 3.05) is 26.4 Å². The van der Waals surface area contributed by atoms with Gasteiger partial charge in [-0.2, -0.15) is 0 Å². The summed E-state index contributed by atoms with van der Waals surface area (Å²) in [4.78, 5) is 34.8. The van der Waals surface area contributed by atoms with E-state index in [1.807, 2.05) is 0 Å². The molecule has 0 spiro atoms. The van der Waals surface area contributed by atoms with Crippen LogP contribution in [0.3, 0.4) is 0 Å². The average Bonchev–Trinajstić information content (AvgIpc) is 3.12. The number of phosphoric acid groups is 1.